The van der Waals surface area contributed by atoms with Crippen molar-refractivity contribution < 1.29 is 0 Å². The molecule has 1 N–H and O–H groups in total. The third kappa shape index (κ3) is 3.49. The van der Waals surface area contributed by atoms with Crippen molar-refractivity contribution in [3.05, 3.63) is 29.8 Å². The molecule has 100 valence electrons. The number of nitrogens with one attached hydrogen (secondary N) is 1. The second-order valence-corrected chi connectivity index (χ2v) is 5.77. The van der Waals surface area contributed by atoms with Crippen LogP contribution in [0.25, 0.3) is 0 Å². The van der Waals surface area contributed by atoms with Crippen LogP contribution in [-0.4, -0.2) is 20.1 Å². The van der Waals surface area contributed by atoms with Crippen molar-refractivity contribution in [2.24, 2.45) is 5.92 Å². The van der Waals surface area contributed by atoms with Crippen LogP contribution in [0.2, 0.25) is 0 Å². The monoisotopic (exact) mass is 246 g/mol. The molecule has 1 atom stereocenters. The van der Waals surface area contributed by atoms with Crippen LogP contribution in [0.4, 0.5) is 5.69 Å². The molecule has 0 spiro atoms. The Hall–Kier alpha value is -1.02. The van der Waals surface area contributed by atoms with Crippen molar-refractivity contribution in [2.75, 3.05) is 19.0 Å². The summed E-state index contributed by atoms with van der Waals surface area (Å²) in [4.78, 5) is 2.14. The van der Waals surface area contributed by atoms with E-state index in [1.54, 1.807) is 0 Å². The number of hydrogen-bond acceptors (Lipinski definition) is 2. The average molecular weight is 246 g/mol. The molecule has 2 rings (SSSR count). The zero-order chi connectivity index (χ0) is 13.0. The van der Waals surface area contributed by atoms with E-state index in [2.05, 4.69) is 55.5 Å². The van der Waals surface area contributed by atoms with Crippen molar-refractivity contribution in [1.29, 1.82) is 0 Å². The molecule has 1 unspecified atom stereocenters. The molecule has 2 nitrogen and oxygen atoms in total. The lowest BCUT2D eigenvalue weighted by atomic mass is 9.99. The van der Waals surface area contributed by atoms with Gasteiger partial charge in [0.05, 0.1) is 0 Å². The van der Waals surface area contributed by atoms with Gasteiger partial charge in [-0.15, -0.1) is 0 Å². The third-order valence-electron chi connectivity index (χ3n) is 4.19. The number of nitrogens with zero attached hydrogens (tertiary/aromatic N) is 1. The first-order chi connectivity index (χ1) is 8.66. The van der Waals surface area contributed by atoms with Gasteiger partial charge in [-0.05, 0) is 43.4 Å². The summed E-state index contributed by atoms with van der Waals surface area (Å²) in [5, 5.41) is 3.68. The lowest BCUT2D eigenvalue weighted by Gasteiger charge is -2.20. The van der Waals surface area contributed by atoms with Crippen LogP contribution >= 0.6 is 0 Å². The van der Waals surface area contributed by atoms with Gasteiger partial charge in [-0.3, -0.25) is 0 Å². The Labute approximate surface area is 111 Å². The van der Waals surface area contributed by atoms with Crippen LogP contribution in [0.5, 0.6) is 0 Å². The highest BCUT2D eigenvalue weighted by molar-refractivity contribution is 5.45. The minimum atomic E-state index is 0.654. The molecule has 0 aromatic heterocycles. The lowest BCUT2D eigenvalue weighted by Crippen LogP contribution is -2.31. The van der Waals surface area contributed by atoms with Gasteiger partial charge in [-0.1, -0.05) is 25.0 Å². The minimum absolute atomic E-state index is 0.654. The molecule has 1 aromatic carbocycles. The molecule has 0 aliphatic heterocycles. The summed E-state index contributed by atoms with van der Waals surface area (Å²) < 4.78 is 0. The zero-order valence-corrected chi connectivity index (χ0v) is 11.9. The highest BCUT2D eigenvalue weighted by Crippen LogP contribution is 2.27. The molecule has 1 fully saturated rings. The van der Waals surface area contributed by atoms with Crippen LogP contribution < -0.4 is 10.2 Å². The summed E-state index contributed by atoms with van der Waals surface area (Å²) in [6, 6.07) is 9.49. The molecule has 18 heavy (non-hydrogen) atoms. The first kappa shape index (κ1) is 13.4. The molecule has 0 saturated heterocycles. The van der Waals surface area contributed by atoms with Crippen molar-refractivity contribution in [3.63, 3.8) is 0 Å². The van der Waals surface area contributed by atoms with E-state index in [0.29, 0.717) is 6.04 Å². The average Bonchev–Trinajstić information content (AvgIpc) is 2.90. The van der Waals surface area contributed by atoms with E-state index in [-0.39, 0.29) is 0 Å². The van der Waals surface area contributed by atoms with Crippen molar-refractivity contribution >= 4 is 5.69 Å². The predicted octanol–water partition coefficient (Wildman–Crippen LogP) is 3.42. The minimum Gasteiger partial charge on any atom is -0.378 e. The molecule has 0 bridgehead atoms. The number of benzene rings is 1. The fourth-order valence-corrected chi connectivity index (χ4v) is 2.81. The topological polar surface area (TPSA) is 15.3 Å². The van der Waals surface area contributed by atoms with Crippen molar-refractivity contribution in [1.82, 2.24) is 5.32 Å². The fraction of sp³-hybridized carbons (Fsp3) is 0.625. The summed E-state index contributed by atoms with van der Waals surface area (Å²) in [5.74, 6) is 0.894. The summed E-state index contributed by atoms with van der Waals surface area (Å²) >= 11 is 0. The quantitative estimate of drug-likeness (QED) is 0.856. The van der Waals surface area contributed by atoms with E-state index in [1.165, 1.54) is 36.9 Å². The molecule has 0 heterocycles. The zero-order valence-electron chi connectivity index (χ0n) is 11.9. The van der Waals surface area contributed by atoms with Gasteiger partial charge in [-0.2, -0.15) is 0 Å². The first-order valence-corrected chi connectivity index (χ1v) is 7.16. The number of rotatable bonds is 5. The van der Waals surface area contributed by atoms with Crippen LogP contribution in [0, 0.1) is 5.92 Å². The van der Waals surface area contributed by atoms with Gasteiger partial charge in [0.25, 0.3) is 0 Å². The fourth-order valence-electron chi connectivity index (χ4n) is 2.81. The van der Waals surface area contributed by atoms with Crippen molar-refractivity contribution in [2.45, 2.75) is 45.2 Å². The highest BCUT2D eigenvalue weighted by atomic mass is 15.1. The Morgan fingerprint density at radius 1 is 1.17 bits per heavy atom. The van der Waals surface area contributed by atoms with Crippen LogP contribution in [-0.2, 0) is 6.54 Å². The smallest absolute Gasteiger partial charge is 0.0361 e. The molecule has 1 aromatic rings. The van der Waals surface area contributed by atoms with E-state index in [4.69, 9.17) is 0 Å². The Morgan fingerprint density at radius 3 is 2.33 bits per heavy atom. The molecule has 0 amide bonds. The molecule has 1 aliphatic rings. The molecule has 2 heteroatoms. The Kier molecular flexibility index (Phi) is 4.65. The van der Waals surface area contributed by atoms with Gasteiger partial charge in [0.1, 0.15) is 0 Å². The highest BCUT2D eigenvalue weighted by Gasteiger charge is 2.20. The maximum absolute atomic E-state index is 3.68. The van der Waals surface area contributed by atoms with Gasteiger partial charge in [0.2, 0.25) is 0 Å². The summed E-state index contributed by atoms with van der Waals surface area (Å²) in [5.41, 5.74) is 2.65. The first-order valence-electron chi connectivity index (χ1n) is 7.16. The predicted molar refractivity (Wildman–Crippen MR) is 79.0 cm³/mol. The Bertz CT molecular complexity index is 350. The van der Waals surface area contributed by atoms with Gasteiger partial charge in [0.15, 0.2) is 0 Å². The maximum Gasteiger partial charge on any atom is 0.0361 e. The molecular formula is C16H26N2. The van der Waals surface area contributed by atoms with E-state index in [0.717, 1.165) is 12.5 Å². The van der Waals surface area contributed by atoms with Gasteiger partial charge < -0.3 is 10.2 Å². The van der Waals surface area contributed by atoms with Crippen molar-refractivity contribution in [3.8, 4) is 0 Å². The molecular weight excluding hydrogens is 220 g/mol. The summed E-state index contributed by atoms with van der Waals surface area (Å²) in [6.45, 7) is 3.33. The largest absolute Gasteiger partial charge is 0.378 e. The summed E-state index contributed by atoms with van der Waals surface area (Å²) in [7, 11) is 4.16. The van der Waals surface area contributed by atoms with Gasteiger partial charge >= 0.3 is 0 Å². The lowest BCUT2D eigenvalue weighted by molar-refractivity contribution is 0.380. The standard InChI is InChI=1S/C16H26N2/c1-13(15-6-4-5-7-15)17-12-14-8-10-16(11-9-14)18(2)3/h8-11,13,15,17H,4-7,12H2,1-3H3. The maximum atomic E-state index is 3.68. The molecule has 1 saturated carbocycles. The van der Waals surface area contributed by atoms with Gasteiger partial charge in [0, 0.05) is 32.4 Å². The van der Waals surface area contributed by atoms with Crippen LogP contribution in [0.1, 0.15) is 38.2 Å². The van der Waals surface area contributed by atoms with E-state index >= 15 is 0 Å². The molecule has 0 radical (unpaired) electrons. The second-order valence-electron chi connectivity index (χ2n) is 5.77. The third-order valence-corrected chi connectivity index (χ3v) is 4.19. The Balaban J connectivity index is 1.82. The Morgan fingerprint density at radius 2 is 1.78 bits per heavy atom. The van der Waals surface area contributed by atoms with E-state index in [9.17, 15) is 0 Å². The normalized spacial score (nSPS) is 17.9. The SMILES string of the molecule is CC(NCc1ccc(N(C)C)cc1)C1CCCC1. The van der Waals surface area contributed by atoms with Crippen LogP contribution in [0.3, 0.4) is 0 Å². The van der Waals surface area contributed by atoms with Crippen LogP contribution in [0.15, 0.2) is 24.3 Å². The number of hydrogen-bond donors (Lipinski definition) is 1. The van der Waals surface area contributed by atoms with Gasteiger partial charge in [-0.25, -0.2) is 0 Å². The number of anilines is 1. The molecule has 1 aliphatic carbocycles. The van der Waals surface area contributed by atoms with E-state index < -0.39 is 0 Å². The van der Waals surface area contributed by atoms with E-state index in [1.807, 2.05) is 0 Å². The second kappa shape index (κ2) is 6.24. The summed E-state index contributed by atoms with van der Waals surface area (Å²) in [6.07, 6.45) is 5.67.